The lowest BCUT2D eigenvalue weighted by Crippen LogP contribution is -1.95. The monoisotopic (exact) mass is 276 g/mol. The van der Waals surface area contributed by atoms with Crippen molar-refractivity contribution in [2.24, 2.45) is 0 Å². The maximum absolute atomic E-state index is 6.14. The normalized spacial score (nSPS) is 10.3. The predicted molar refractivity (Wildman–Crippen MR) is 87.2 cm³/mol. The first-order valence-electron chi connectivity index (χ1n) is 6.71. The minimum Gasteiger partial charge on any atom is -0.457 e. The van der Waals surface area contributed by atoms with Crippen LogP contribution in [0.5, 0.6) is 11.5 Å². The van der Waals surface area contributed by atoms with Gasteiger partial charge in [0.2, 0.25) is 0 Å². The highest BCUT2D eigenvalue weighted by Gasteiger charge is 2.07. The molecule has 0 fully saturated rings. The second-order valence-electron chi connectivity index (χ2n) is 4.75. The number of nitrogen functional groups attached to an aromatic ring is 2. The fourth-order valence-electron chi connectivity index (χ4n) is 2.22. The molecule has 0 saturated heterocycles. The molecule has 21 heavy (non-hydrogen) atoms. The molecule has 0 radical (unpaired) electrons. The van der Waals surface area contributed by atoms with Crippen molar-refractivity contribution in [3.05, 3.63) is 72.8 Å². The molecule has 3 nitrogen and oxygen atoms in total. The average molecular weight is 276 g/mol. The molecule has 3 aromatic carbocycles. The van der Waals surface area contributed by atoms with E-state index in [9.17, 15) is 0 Å². The van der Waals surface area contributed by atoms with E-state index in [-0.39, 0.29) is 0 Å². The molecule has 3 rings (SSSR count). The topological polar surface area (TPSA) is 61.3 Å². The maximum atomic E-state index is 6.14. The van der Waals surface area contributed by atoms with Crippen LogP contribution in [0.2, 0.25) is 0 Å². The van der Waals surface area contributed by atoms with E-state index in [4.69, 9.17) is 16.2 Å². The van der Waals surface area contributed by atoms with Crippen LogP contribution in [-0.2, 0) is 0 Å². The van der Waals surface area contributed by atoms with Crippen LogP contribution in [0.15, 0.2) is 72.8 Å². The van der Waals surface area contributed by atoms with Gasteiger partial charge in [0.15, 0.2) is 0 Å². The molecule has 0 bridgehead atoms. The Bertz CT molecular complexity index is 754. The van der Waals surface area contributed by atoms with Crippen LogP contribution in [0.25, 0.3) is 11.1 Å². The highest BCUT2D eigenvalue weighted by molar-refractivity contribution is 5.84. The van der Waals surface area contributed by atoms with E-state index in [0.717, 1.165) is 16.9 Å². The first-order chi connectivity index (χ1) is 10.2. The summed E-state index contributed by atoms with van der Waals surface area (Å²) in [6.45, 7) is 0. The molecular weight excluding hydrogens is 260 g/mol. The van der Waals surface area contributed by atoms with Crippen molar-refractivity contribution in [1.29, 1.82) is 0 Å². The van der Waals surface area contributed by atoms with Gasteiger partial charge in [0.1, 0.15) is 11.5 Å². The molecule has 104 valence electrons. The van der Waals surface area contributed by atoms with E-state index < -0.39 is 0 Å². The molecule has 3 aromatic rings. The van der Waals surface area contributed by atoms with Gasteiger partial charge in [-0.3, -0.25) is 0 Å². The van der Waals surface area contributed by atoms with Gasteiger partial charge >= 0.3 is 0 Å². The van der Waals surface area contributed by atoms with Gasteiger partial charge in [0.05, 0.1) is 0 Å². The molecule has 0 unspecified atom stereocenters. The fraction of sp³-hybridized carbons (Fsp3) is 0. The predicted octanol–water partition coefficient (Wildman–Crippen LogP) is 4.31. The Labute approximate surface area is 123 Å². The summed E-state index contributed by atoms with van der Waals surface area (Å²) >= 11 is 0. The van der Waals surface area contributed by atoms with E-state index in [2.05, 4.69) is 0 Å². The first-order valence-corrected chi connectivity index (χ1v) is 6.71. The minimum atomic E-state index is 0.640. The highest BCUT2D eigenvalue weighted by atomic mass is 16.5. The van der Waals surface area contributed by atoms with Crippen molar-refractivity contribution >= 4 is 11.4 Å². The summed E-state index contributed by atoms with van der Waals surface area (Å²) in [7, 11) is 0. The van der Waals surface area contributed by atoms with Gasteiger partial charge in [-0.15, -0.1) is 0 Å². The molecule has 0 spiro atoms. The summed E-state index contributed by atoms with van der Waals surface area (Å²) in [6.07, 6.45) is 0. The molecule has 4 N–H and O–H groups in total. The minimum absolute atomic E-state index is 0.640. The number of hydrogen-bond acceptors (Lipinski definition) is 3. The third-order valence-electron chi connectivity index (χ3n) is 3.25. The Morgan fingerprint density at radius 1 is 0.571 bits per heavy atom. The van der Waals surface area contributed by atoms with Crippen molar-refractivity contribution < 1.29 is 4.74 Å². The second kappa shape index (κ2) is 5.59. The third-order valence-corrected chi connectivity index (χ3v) is 3.25. The first kappa shape index (κ1) is 13.1. The summed E-state index contributed by atoms with van der Waals surface area (Å²) in [6, 6.07) is 22.9. The SMILES string of the molecule is Nc1ccccc1-c1ccc(Oc2ccccc2)cc1N. The zero-order valence-electron chi connectivity index (χ0n) is 11.5. The summed E-state index contributed by atoms with van der Waals surface area (Å²) < 4.78 is 5.77. The standard InChI is InChI=1S/C18H16N2O/c19-17-9-5-4-8-15(17)16-11-10-14(12-18(16)20)21-13-6-2-1-3-7-13/h1-12H,19-20H2. The average Bonchev–Trinajstić information content (AvgIpc) is 2.50. The van der Waals surface area contributed by atoms with Gasteiger partial charge < -0.3 is 16.2 Å². The maximum Gasteiger partial charge on any atom is 0.129 e. The van der Waals surface area contributed by atoms with Gasteiger partial charge in [-0.05, 0) is 30.3 Å². The third kappa shape index (κ3) is 2.82. The molecule has 0 aromatic heterocycles. The van der Waals surface area contributed by atoms with E-state index in [1.807, 2.05) is 72.8 Å². The van der Waals surface area contributed by atoms with Crippen LogP contribution in [0.3, 0.4) is 0 Å². The number of nitrogens with two attached hydrogens (primary N) is 2. The van der Waals surface area contributed by atoms with Crippen LogP contribution < -0.4 is 16.2 Å². The van der Waals surface area contributed by atoms with E-state index >= 15 is 0 Å². The Morgan fingerprint density at radius 2 is 1.24 bits per heavy atom. The number of para-hydroxylation sites is 2. The lowest BCUT2D eigenvalue weighted by molar-refractivity contribution is 0.483. The molecule has 3 heteroatoms. The fourth-order valence-corrected chi connectivity index (χ4v) is 2.22. The lowest BCUT2D eigenvalue weighted by Gasteiger charge is -2.11. The van der Waals surface area contributed by atoms with E-state index in [1.54, 1.807) is 0 Å². The highest BCUT2D eigenvalue weighted by Crippen LogP contribution is 2.34. The molecular formula is C18H16N2O. The smallest absolute Gasteiger partial charge is 0.129 e. The molecule has 0 aliphatic rings. The van der Waals surface area contributed by atoms with Gasteiger partial charge in [0.25, 0.3) is 0 Å². The Balaban J connectivity index is 1.92. The van der Waals surface area contributed by atoms with Gasteiger partial charge in [-0.1, -0.05) is 36.4 Å². The lowest BCUT2D eigenvalue weighted by atomic mass is 10.0. The molecule has 0 saturated carbocycles. The van der Waals surface area contributed by atoms with Crippen molar-refractivity contribution in [3.63, 3.8) is 0 Å². The number of ether oxygens (including phenoxy) is 1. The van der Waals surface area contributed by atoms with E-state index in [1.165, 1.54) is 0 Å². The molecule has 0 amide bonds. The van der Waals surface area contributed by atoms with Crippen LogP contribution in [0.1, 0.15) is 0 Å². The van der Waals surface area contributed by atoms with Crippen LogP contribution in [0.4, 0.5) is 11.4 Å². The van der Waals surface area contributed by atoms with E-state index in [0.29, 0.717) is 17.1 Å². The second-order valence-corrected chi connectivity index (χ2v) is 4.75. The van der Waals surface area contributed by atoms with Crippen LogP contribution in [0, 0.1) is 0 Å². The summed E-state index contributed by atoms with van der Waals surface area (Å²) in [4.78, 5) is 0. The summed E-state index contributed by atoms with van der Waals surface area (Å²) in [5.74, 6) is 1.49. The van der Waals surface area contributed by atoms with Crippen LogP contribution in [-0.4, -0.2) is 0 Å². The van der Waals surface area contributed by atoms with Crippen molar-refractivity contribution in [3.8, 4) is 22.6 Å². The van der Waals surface area contributed by atoms with Gasteiger partial charge in [-0.25, -0.2) is 0 Å². The molecule has 0 atom stereocenters. The number of benzene rings is 3. The Morgan fingerprint density at radius 3 is 1.95 bits per heavy atom. The summed E-state index contributed by atoms with van der Waals surface area (Å²) in [5.41, 5.74) is 15.3. The van der Waals surface area contributed by atoms with Crippen molar-refractivity contribution in [2.75, 3.05) is 11.5 Å². The Kier molecular flexibility index (Phi) is 3.48. The molecule has 0 aliphatic carbocycles. The number of hydrogen-bond donors (Lipinski definition) is 2. The summed E-state index contributed by atoms with van der Waals surface area (Å²) in [5, 5.41) is 0. The zero-order chi connectivity index (χ0) is 14.7. The largest absolute Gasteiger partial charge is 0.457 e. The number of rotatable bonds is 3. The van der Waals surface area contributed by atoms with Crippen molar-refractivity contribution in [2.45, 2.75) is 0 Å². The van der Waals surface area contributed by atoms with Gasteiger partial charge in [0, 0.05) is 28.6 Å². The number of anilines is 2. The zero-order valence-corrected chi connectivity index (χ0v) is 11.5. The van der Waals surface area contributed by atoms with Gasteiger partial charge in [-0.2, -0.15) is 0 Å². The molecule has 0 heterocycles. The van der Waals surface area contributed by atoms with Crippen LogP contribution >= 0.6 is 0 Å². The quantitative estimate of drug-likeness (QED) is 0.701. The van der Waals surface area contributed by atoms with Crippen molar-refractivity contribution in [1.82, 2.24) is 0 Å². The Hall–Kier alpha value is -2.94. The molecule has 0 aliphatic heterocycles.